The highest BCUT2D eigenvalue weighted by molar-refractivity contribution is 6.31. The molecule has 0 aliphatic carbocycles. The van der Waals surface area contributed by atoms with E-state index in [9.17, 15) is 4.79 Å². The standard InChI is InChI=1S/C11H9Cl2NO/c1-14-6-7(5-12)11(15)9-3-2-8(13)4-10(9)14/h2-4,6H,5H2,1H3. The molecule has 0 atom stereocenters. The van der Waals surface area contributed by atoms with Gasteiger partial charge in [0, 0.05) is 29.2 Å². The summed E-state index contributed by atoms with van der Waals surface area (Å²) >= 11 is 11.6. The third kappa shape index (κ3) is 1.75. The summed E-state index contributed by atoms with van der Waals surface area (Å²) in [5.74, 6) is 0.227. The number of hydrogen-bond donors (Lipinski definition) is 0. The first-order chi connectivity index (χ1) is 7.13. The molecule has 15 heavy (non-hydrogen) atoms. The van der Waals surface area contributed by atoms with Crippen LogP contribution in [-0.4, -0.2) is 4.57 Å². The van der Waals surface area contributed by atoms with Crippen LogP contribution in [0.1, 0.15) is 5.56 Å². The smallest absolute Gasteiger partial charge is 0.193 e. The first-order valence-electron chi connectivity index (χ1n) is 4.47. The Morgan fingerprint density at radius 3 is 2.80 bits per heavy atom. The molecule has 2 aromatic rings. The van der Waals surface area contributed by atoms with Crippen molar-refractivity contribution in [2.75, 3.05) is 0 Å². The number of benzene rings is 1. The quantitative estimate of drug-likeness (QED) is 0.704. The lowest BCUT2D eigenvalue weighted by Crippen LogP contribution is -2.11. The van der Waals surface area contributed by atoms with Crippen LogP contribution in [0, 0.1) is 0 Å². The van der Waals surface area contributed by atoms with Gasteiger partial charge in [0.25, 0.3) is 0 Å². The third-order valence-electron chi connectivity index (χ3n) is 2.37. The van der Waals surface area contributed by atoms with Gasteiger partial charge in [-0.2, -0.15) is 0 Å². The summed E-state index contributed by atoms with van der Waals surface area (Å²) in [7, 11) is 1.87. The van der Waals surface area contributed by atoms with Gasteiger partial charge in [0.1, 0.15) is 0 Å². The molecule has 1 heterocycles. The Bertz CT molecular complexity index is 575. The van der Waals surface area contributed by atoms with Crippen molar-refractivity contribution in [2.24, 2.45) is 7.05 Å². The van der Waals surface area contributed by atoms with Gasteiger partial charge in [-0.3, -0.25) is 4.79 Å². The summed E-state index contributed by atoms with van der Waals surface area (Å²) in [6.07, 6.45) is 1.74. The van der Waals surface area contributed by atoms with Crippen LogP contribution in [0.15, 0.2) is 29.2 Å². The second-order valence-corrected chi connectivity index (χ2v) is 4.09. The number of aryl methyl sites for hydroxylation is 1. The molecule has 0 spiro atoms. The molecule has 4 heteroatoms. The van der Waals surface area contributed by atoms with Crippen molar-refractivity contribution < 1.29 is 0 Å². The molecule has 0 fully saturated rings. The van der Waals surface area contributed by atoms with Crippen LogP contribution in [0.4, 0.5) is 0 Å². The highest BCUT2D eigenvalue weighted by atomic mass is 35.5. The third-order valence-corrected chi connectivity index (χ3v) is 2.89. The molecule has 0 saturated heterocycles. The predicted octanol–water partition coefficient (Wildman–Crippen LogP) is 2.93. The average Bonchev–Trinajstić information content (AvgIpc) is 2.23. The molecule has 0 unspecified atom stereocenters. The molecular weight excluding hydrogens is 233 g/mol. The summed E-state index contributed by atoms with van der Waals surface area (Å²) in [5.41, 5.74) is 1.41. The minimum Gasteiger partial charge on any atom is -0.350 e. The molecule has 0 aliphatic rings. The van der Waals surface area contributed by atoms with E-state index in [1.165, 1.54) is 0 Å². The van der Waals surface area contributed by atoms with Crippen LogP contribution in [0.25, 0.3) is 10.9 Å². The van der Waals surface area contributed by atoms with Crippen LogP contribution >= 0.6 is 23.2 Å². The van der Waals surface area contributed by atoms with Crippen molar-refractivity contribution in [3.63, 3.8) is 0 Å². The van der Waals surface area contributed by atoms with E-state index in [4.69, 9.17) is 23.2 Å². The summed E-state index contributed by atoms with van der Waals surface area (Å²) < 4.78 is 1.86. The molecule has 78 valence electrons. The monoisotopic (exact) mass is 241 g/mol. The summed E-state index contributed by atoms with van der Waals surface area (Å²) in [5, 5.41) is 1.27. The number of hydrogen-bond acceptors (Lipinski definition) is 1. The SMILES string of the molecule is Cn1cc(CCl)c(=O)c2ccc(Cl)cc21. The maximum atomic E-state index is 11.9. The number of alkyl halides is 1. The summed E-state index contributed by atoms with van der Waals surface area (Å²) in [6, 6.07) is 5.22. The lowest BCUT2D eigenvalue weighted by molar-refractivity contribution is 0.936. The summed E-state index contributed by atoms with van der Waals surface area (Å²) in [4.78, 5) is 11.9. The van der Waals surface area contributed by atoms with Gasteiger partial charge >= 0.3 is 0 Å². The van der Waals surface area contributed by atoms with Gasteiger partial charge in [0.2, 0.25) is 0 Å². The molecule has 1 aromatic heterocycles. The Labute approximate surface area is 97.0 Å². The van der Waals surface area contributed by atoms with E-state index in [-0.39, 0.29) is 11.3 Å². The minimum absolute atomic E-state index is 0.0187. The van der Waals surface area contributed by atoms with E-state index in [1.54, 1.807) is 24.4 Å². The lowest BCUT2D eigenvalue weighted by Gasteiger charge is -2.07. The van der Waals surface area contributed by atoms with Gasteiger partial charge < -0.3 is 4.57 Å². The van der Waals surface area contributed by atoms with Crippen molar-refractivity contribution in [1.82, 2.24) is 4.57 Å². The Morgan fingerprint density at radius 1 is 1.40 bits per heavy atom. The van der Waals surface area contributed by atoms with Gasteiger partial charge in [-0.15, -0.1) is 11.6 Å². The Hall–Kier alpha value is -0.990. The highest BCUT2D eigenvalue weighted by Gasteiger charge is 2.06. The summed E-state index contributed by atoms with van der Waals surface area (Å²) in [6.45, 7) is 0. The maximum absolute atomic E-state index is 11.9. The topological polar surface area (TPSA) is 22.0 Å². The molecule has 0 bridgehead atoms. The Kier molecular flexibility index (Phi) is 2.72. The number of rotatable bonds is 1. The number of aromatic nitrogens is 1. The average molecular weight is 242 g/mol. The fraction of sp³-hybridized carbons (Fsp3) is 0.182. The van der Waals surface area contributed by atoms with Gasteiger partial charge in [-0.05, 0) is 18.2 Å². The van der Waals surface area contributed by atoms with Crippen molar-refractivity contribution in [3.05, 3.63) is 45.2 Å². The predicted molar refractivity (Wildman–Crippen MR) is 63.8 cm³/mol. The van der Waals surface area contributed by atoms with Crippen molar-refractivity contribution >= 4 is 34.1 Å². The molecular formula is C11H9Cl2NO. The fourth-order valence-electron chi connectivity index (χ4n) is 1.62. The largest absolute Gasteiger partial charge is 0.350 e. The Morgan fingerprint density at radius 2 is 2.13 bits per heavy atom. The second-order valence-electron chi connectivity index (χ2n) is 3.39. The van der Waals surface area contributed by atoms with Gasteiger partial charge in [0.05, 0.1) is 11.4 Å². The first kappa shape index (κ1) is 10.5. The van der Waals surface area contributed by atoms with Crippen LogP contribution in [0.2, 0.25) is 5.02 Å². The Balaban J connectivity index is 2.93. The van der Waals surface area contributed by atoms with E-state index >= 15 is 0 Å². The van der Waals surface area contributed by atoms with E-state index in [0.29, 0.717) is 16.0 Å². The van der Waals surface area contributed by atoms with Gasteiger partial charge in [0.15, 0.2) is 5.43 Å². The van der Waals surface area contributed by atoms with E-state index in [1.807, 2.05) is 11.6 Å². The molecule has 0 radical (unpaired) electrons. The molecule has 0 aliphatic heterocycles. The normalized spacial score (nSPS) is 10.9. The number of fused-ring (bicyclic) bond motifs is 1. The van der Waals surface area contributed by atoms with Crippen LogP contribution in [0.3, 0.4) is 0 Å². The fourth-order valence-corrected chi connectivity index (χ4v) is 1.98. The van der Waals surface area contributed by atoms with Crippen molar-refractivity contribution in [3.8, 4) is 0 Å². The zero-order chi connectivity index (χ0) is 11.0. The number of halogens is 2. The van der Waals surface area contributed by atoms with Crippen molar-refractivity contribution in [1.29, 1.82) is 0 Å². The van der Waals surface area contributed by atoms with E-state index in [0.717, 1.165) is 5.52 Å². The van der Waals surface area contributed by atoms with E-state index in [2.05, 4.69) is 0 Å². The maximum Gasteiger partial charge on any atom is 0.193 e. The molecule has 0 saturated carbocycles. The minimum atomic E-state index is -0.0187. The van der Waals surface area contributed by atoms with Crippen LogP contribution < -0.4 is 5.43 Å². The van der Waals surface area contributed by atoms with E-state index < -0.39 is 0 Å². The molecule has 2 nitrogen and oxygen atoms in total. The molecule has 0 N–H and O–H groups in total. The van der Waals surface area contributed by atoms with Gasteiger partial charge in [-0.1, -0.05) is 11.6 Å². The van der Waals surface area contributed by atoms with Crippen LogP contribution in [-0.2, 0) is 12.9 Å². The first-order valence-corrected chi connectivity index (χ1v) is 5.38. The van der Waals surface area contributed by atoms with Crippen LogP contribution in [0.5, 0.6) is 0 Å². The second kappa shape index (κ2) is 3.87. The zero-order valence-corrected chi connectivity index (χ0v) is 9.64. The van der Waals surface area contributed by atoms with Crippen molar-refractivity contribution in [2.45, 2.75) is 5.88 Å². The van der Waals surface area contributed by atoms with Gasteiger partial charge in [-0.25, -0.2) is 0 Å². The highest BCUT2D eigenvalue weighted by Crippen LogP contribution is 2.17. The number of nitrogens with zero attached hydrogens (tertiary/aromatic N) is 1. The molecule has 0 amide bonds. The zero-order valence-electron chi connectivity index (χ0n) is 8.13. The number of pyridine rings is 1. The molecule has 1 aromatic carbocycles. The lowest BCUT2D eigenvalue weighted by atomic mass is 10.1. The molecule has 2 rings (SSSR count).